The molecule has 3 aliphatic rings. The summed E-state index contributed by atoms with van der Waals surface area (Å²) in [5.74, 6) is 1.90. The topological polar surface area (TPSA) is 82.6 Å². The molecule has 3 aromatic carbocycles. The standard InChI is InChI=1S/C38H49ClN4O5S/c1-26(2)48-36-24-34-29(22-35(36)47-4)23-37(44)43(38(34)28-8-10-30(39)11-9-28)33-16-14-31(15-17-33)40(3)25-27-6-12-32(13-7-27)41-18-20-42(21-19-41)49(5,45)46/h8-11,14-17,22,24,26-27,32,38H,6-7,12-13,18-21,23,25H2,1-5H3. The molecule has 0 N–H and O–H groups in total. The number of hydrogen-bond acceptors (Lipinski definition) is 7. The highest BCUT2D eigenvalue weighted by atomic mass is 35.5. The third kappa shape index (κ3) is 8.03. The van der Waals surface area contributed by atoms with E-state index in [9.17, 15) is 13.2 Å². The second-order valence-electron chi connectivity index (χ2n) is 14.0. The largest absolute Gasteiger partial charge is 0.493 e. The summed E-state index contributed by atoms with van der Waals surface area (Å²) in [6.07, 6.45) is 6.16. The zero-order valence-corrected chi connectivity index (χ0v) is 30.8. The second kappa shape index (κ2) is 14.9. The van der Waals surface area contributed by atoms with Crippen LogP contribution in [0.15, 0.2) is 60.7 Å². The maximum atomic E-state index is 13.9. The van der Waals surface area contributed by atoms with E-state index in [4.69, 9.17) is 21.1 Å². The first-order valence-corrected chi connectivity index (χ1v) is 19.6. The van der Waals surface area contributed by atoms with E-state index < -0.39 is 10.0 Å². The molecule has 0 bridgehead atoms. The van der Waals surface area contributed by atoms with Gasteiger partial charge in [0.2, 0.25) is 15.9 Å². The molecule has 3 aromatic rings. The van der Waals surface area contributed by atoms with Crippen molar-refractivity contribution in [2.24, 2.45) is 5.92 Å². The highest BCUT2D eigenvalue weighted by Crippen LogP contribution is 2.44. The summed E-state index contributed by atoms with van der Waals surface area (Å²) in [7, 11) is 0.662. The van der Waals surface area contributed by atoms with Crippen LogP contribution in [0.2, 0.25) is 5.02 Å². The molecule has 1 unspecified atom stereocenters. The number of hydrogen-bond donors (Lipinski definition) is 0. The summed E-state index contributed by atoms with van der Waals surface area (Å²) in [4.78, 5) is 20.7. The maximum absolute atomic E-state index is 13.9. The molecule has 2 fully saturated rings. The molecule has 264 valence electrons. The van der Waals surface area contributed by atoms with Gasteiger partial charge in [0.1, 0.15) is 0 Å². The van der Waals surface area contributed by atoms with Gasteiger partial charge < -0.3 is 19.3 Å². The fourth-order valence-electron chi connectivity index (χ4n) is 7.78. The lowest BCUT2D eigenvalue weighted by Crippen LogP contribution is -2.52. The minimum atomic E-state index is -3.11. The lowest BCUT2D eigenvalue weighted by Gasteiger charge is -2.42. The van der Waals surface area contributed by atoms with Gasteiger partial charge >= 0.3 is 0 Å². The Labute approximate surface area is 296 Å². The quantitative estimate of drug-likeness (QED) is 0.242. The van der Waals surface area contributed by atoms with Crippen LogP contribution in [0.1, 0.15) is 62.3 Å². The van der Waals surface area contributed by atoms with Crippen molar-refractivity contribution < 1.29 is 22.7 Å². The molecule has 0 spiro atoms. The predicted molar refractivity (Wildman–Crippen MR) is 197 cm³/mol. The number of carbonyl (C=O) groups excluding carboxylic acids is 1. The molecule has 1 amide bonds. The number of anilines is 2. The minimum absolute atomic E-state index is 0.0163. The van der Waals surface area contributed by atoms with Gasteiger partial charge in [-0.05, 0) is 111 Å². The van der Waals surface area contributed by atoms with Crippen LogP contribution in [0.4, 0.5) is 11.4 Å². The van der Waals surface area contributed by atoms with Crippen LogP contribution >= 0.6 is 11.6 Å². The van der Waals surface area contributed by atoms with Gasteiger partial charge in [-0.2, -0.15) is 4.31 Å². The lowest BCUT2D eigenvalue weighted by atomic mass is 9.84. The molecule has 0 radical (unpaired) electrons. The van der Waals surface area contributed by atoms with Crippen LogP contribution in [-0.4, -0.2) is 88.8 Å². The molecule has 2 heterocycles. The number of carbonyl (C=O) groups is 1. The number of benzene rings is 3. The maximum Gasteiger partial charge on any atom is 0.232 e. The number of fused-ring (bicyclic) bond motifs is 1. The number of sulfonamides is 1. The van der Waals surface area contributed by atoms with Crippen molar-refractivity contribution in [3.05, 3.63) is 82.4 Å². The Morgan fingerprint density at radius 1 is 0.918 bits per heavy atom. The lowest BCUT2D eigenvalue weighted by molar-refractivity contribution is -0.118. The van der Waals surface area contributed by atoms with Crippen LogP contribution < -0.4 is 19.3 Å². The zero-order chi connectivity index (χ0) is 34.9. The first-order valence-electron chi connectivity index (χ1n) is 17.4. The van der Waals surface area contributed by atoms with Crippen LogP contribution in [0.5, 0.6) is 11.5 Å². The number of halogens is 1. The number of piperazine rings is 1. The fraction of sp³-hybridized carbons (Fsp3) is 0.500. The van der Waals surface area contributed by atoms with Gasteiger partial charge in [0.15, 0.2) is 11.5 Å². The number of rotatable bonds is 10. The van der Waals surface area contributed by atoms with Crippen molar-refractivity contribution in [1.29, 1.82) is 0 Å². The van der Waals surface area contributed by atoms with Gasteiger partial charge in [-0.3, -0.25) is 9.69 Å². The van der Waals surface area contributed by atoms with E-state index in [1.165, 1.54) is 6.26 Å². The Morgan fingerprint density at radius 2 is 1.57 bits per heavy atom. The zero-order valence-electron chi connectivity index (χ0n) is 29.3. The molecule has 1 saturated carbocycles. The SMILES string of the molecule is COc1cc2c(cc1OC(C)C)C(c1ccc(Cl)cc1)N(c1ccc(N(C)CC3CCC(N4CCN(S(C)(=O)=O)CC4)CC3)cc1)C(=O)C2. The van der Waals surface area contributed by atoms with Crippen molar-refractivity contribution in [3.63, 3.8) is 0 Å². The molecular weight excluding hydrogens is 660 g/mol. The van der Waals surface area contributed by atoms with Gasteiger partial charge in [0, 0.05) is 62.2 Å². The van der Waals surface area contributed by atoms with Gasteiger partial charge in [-0.15, -0.1) is 0 Å². The monoisotopic (exact) mass is 708 g/mol. The molecule has 6 rings (SSSR count). The summed E-state index contributed by atoms with van der Waals surface area (Å²) in [5, 5.41) is 0.643. The number of ether oxygens (including phenoxy) is 2. The molecule has 49 heavy (non-hydrogen) atoms. The normalized spacial score (nSPS) is 22.2. The van der Waals surface area contributed by atoms with E-state index in [0.29, 0.717) is 41.6 Å². The van der Waals surface area contributed by atoms with Crippen LogP contribution in [0.25, 0.3) is 0 Å². The Kier molecular flexibility index (Phi) is 10.8. The second-order valence-corrected chi connectivity index (χ2v) is 16.5. The number of methoxy groups -OCH3 is 1. The van der Waals surface area contributed by atoms with Crippen molar-refractivity contribution in [3.8, 4) is 11.5 Å². The van der Waals surface area contributed by atoms with E-state index in [-0.39, 0.29) is 24.5 Å². The number of amides is 1. The summed E-state index contributed by atoms with van der Waals surface area (Å²) in [5.41, 5.74) is 4.86. The predicted octanol–water partition coefficient (Wildman–Crippen LogP) is 6.39. The fourth-order valence-corrected chi connectivity index (χ4v) is 8.73. The van der Waals surface area contributed by atoms with Gasteiger partial charge in [-0.25, -0.2) is 8.42 Å². The third-order valence-corrected chi connectivity index (χ3v) is 11.9. The molecule has 2 aliphatic heterocycles. The van der Waals surface area contributed by atoms with E-state index in [2.05, 4.69) is 41.1 Å². The average molecular weight is 709 g/mol. The van der Waals surface area contributed by atoms with Crippen molar-refractivity contribution in [1.82, 2.24) is 9.21 Å². The van der Waals surface area contributed by atoms with Gasteiger partial charge in [0.05, 0.1) is 31.9 Å². The van der Waals surface area contributed by atoms with E-state index in [1.54, 1.807) is 11.4 Å². The van der Waals surface area contributed by atoms with Crippen LogP contribution in [0, 0.1) is 5.92 Å². The Bertz CT molecular complexity index is 1720. The Hall–Kier alpha value is -3.31. The van der Waals surface area contributed by atoms with Crippen molar-refractivity contribution >= 4 is 38.9 Å². The van der Waals surface area contributed by atoms with Crippen molar-refractivity contribution in [2.45, 2.75) is 64.1 Å². The Morgan fingerprint density at radius 3 is 2.16 bits per heavy atom. The highest BCUT2D eigenvalue weighted by Gasteiger charge is 2.36. The number of nitrogens with zero attached hydrogens (tertiary/aromatic N) is 4. The summed E-state index contributed by atoms with van der Waals surface area (Å²) in [6, 6.07) is 20.2. The van der Waals surface area contributed by atoms with E-state index >= 15 is 0 Å². The molecule has 9 nitrogen and oxygen atoms in total. The smallest absolute Gasteiger partial charge is 0.232 e. The van der Waals surface area contributed by atoms with Gasteiger partial charge in [0.25, 0.3) is 0 Å². The van der Waals surface area contributed by atoms with E-state index in [1.807, 2.05) is 55.1 Å². The summed E-state index contributed by atoms with van der Waals surface area (Å²) in [6.45, 7) is 7.77. The molecule has 1 aliphatic carbocycles. The van der Waals surface area contributed by atoms with Crippen LogP contribution in [0.3, 0.4) is 0 Å². The minimum Gasteiger partial charge on any atom is -0.493 e. The molecule has 1 saturated heterocycles. The molecule has 11 heteroatoms. The third-order valence-electron chi connectivity index (χ3n) is 10.3. The average Bonchev–Trinajstić information content (AvgIpc) is 3.08. The molecular formula is C38H49ClN4O5S. The first kappa shape index (κ1) is 35.5. The summed E-state index contributed by atoms with van der Waals surface area (Å²) >= 11 is 6.29. The van der Waals surface area contributed by atoms with Gasteiger partial charge in [-0.1, -0.05) is 23.7 Å². The highest BCUT2D eigenvalue weighted by molar-refractivity contribution is 7.88. The van der Waals surface area contributed by atoms with Crippen LogP contribution in [-0.2, 0) is 21.2 Å². The molecule has 0 aromatic heterocycles. The first-order chi connectivity index (χ1) is 23.4. The summed E-state index contributed by atoms with van der Waals surface area (Å²) < 4.78 is 37.2. The van der Waals surface area contributed by atoms with Crippen molar-refractivity contribution in [2.75, 3.05) is 62.9 Å². The molecule has 1 atom stereocenters. The van der Waals surface area contributed by atoms with E-state index in [0.717, 1.165) is 73.4 Å². The Balaban J connectivity index is 1.16.